The number of carbonyl (C=O) groups is 1. The van der Waals surface area contributed by atoms with Gasteiger partial charge >= 0.3 is 0 Å². The SMILES string of the molecule is Cc1cc(NC(=O)CCCS(=O)(=O)c2ccc(F)cc2)n(-c2nc3ccc(F)cc3s2)n1. The van der Waals surface area contributed by atoms with Crippen LogP contribution >= 0.6 is 11.3 Å². The molecule has 1 amide bonds. The molecular formula is C21H18F2N4O3S2. The number of nitrogens with one attached hydrogen (secondary N) is 1. The third-order valence-corrected chi connectivity index (χ3v) is 7.42. The van der Waals surface area contributed by atoms with Gasteiger partial charge < -0.3 is 5.32 Å². The topological polar surface area (TPSA) is 94.0 Å². The molecule has 0 atom stereocenters. The van der Waals surface area contributed by atoms with Gasteiger partial charge in [0.2, 0.25) is 11.0 Å². The maximum atomic E-state index is 13.5. The maximum absolute atomic E-state index is 13.5. The second-order valence-corrected chi connectivity index (χ2v) is 10.2. The van der Waals surface area contributed by atoms with Gasteiger partial charge in [-0.25, -0.2) is 22.2 Å². The van der Waals surface area contributed by atoms with Crippen LogP contribution in [0.15, 0.2) is 53.4 Å². The summed E-state index contributed by atoms with van der Waals surface area (Å²) in [4.78, 5) is 16.9. The normalized spacial score (nSPS) is 11.7. The molecule has 2 aromatic heterocycles. The van der Waals surface area contributed by atoms with Crippen molar-refractivity contribution in [1.29, 1.82) is 0 Å². The number of hydrogen-bond acceptors (Lipinski definition) is 6. The third-order valence-electron chi connectivity index (χ3n) is 4.61. The maximum Gasteiger partial charge on any atom is 0.225 e. The molecule has 32 heavy (non-hydrogen) atoms. The van der Waals surface area contributed by atoms with Crippen molar-refractivity contribution in [2.75, 3.05) is 11.1 Å². The predicted octanol–water partition coefficient (Wildman–Crippen LogP) is 4.26. The molecule has 0 spiro atoms. The average Bonchev–Trinajstić information content (AvgIpc) is 3.30. The van der Waals surface area contributed by atoms with E-state index in [9.17, 15) is 22.0 Å². The summed E-state index contributed by atoms with van der Waals surface area (Å²) < 4.78 is 53.3. The summed E-state index contributed by atoms with van der Waals surface area (Å²) in [5.74, 6) is -1.13. The number of thiazole rings is 1. The van der Waals surface area contributed by atoms with Crippen molar-refractivity contribution in [2.45, 2.75) is 24.7 Å². The number of amides is 1. The first-order chi connectivity index (χ1) is 15.2. The Balaban J connectivity index is 1.43. The van der Waals surface area contributed by atoms with E-state index in [4.69, 9.17) is 0 Å². The molecule has 2 heterocycles. The molecule has 1 N–H and O–H groups in total. The summed E-state index contributed by atoms with van der Waals surface area (Å²) >= 11 is 1.23. The molecular weight excluding hydrogens is 458 g/mol. The lowest BCUT2D eigenvalue weighted by Crippen LogP contribution is -2.16. The molecule has 4 aromatic rings. The minimum atomic E-state index is -3.61. The molecule has 0 unspecified atom stereocenters. The molecule has 0 saturated heterocycles. The highest BCUT2D eigenvalue weighted by Gasteiger charge is 2.17. The van der Waals surface area contributed by atoms with Crippen molar-refractivity contribution in [2.24, 2.45) is 0 Å². The Morgan fingerprint density at radius 1 is 1.09 bits per heavy atom. The van der Waals surface area contributed by atoms with Gasteiger partial charge in [-0.2, -0.15) is 9.78 Å². The van der Waals surface area contributed by atoms with Crippen LogP contribution in [-0.4, -0.2) is 34.8 Å². The number of fused-ring (bicyclic) bond motifs is 1. The quantitative estimate of drug-likeness (QED) is 0.402. The molecule has 0 saturated carbocycles. The van der Waals surface area contributed by atoms with E-state index in [1.54, 1.807) is 19.1 Å². The van der Waals surface area contributed by atoms with Crippen molar-refractivity contribution < 1.29 is 22.0 Å². The lowest BCUT2D eigenvalue weighted by atomic mass is 10.3. The minimum absolute atomic E-state index is 0.0142. The molecule has 0 radical (unpaired) electrons. The summed E-state index contributed by atoms with van der Waals surface area (Å²) in [5.41, 5.74) is 1.26. The van der Waals surface area contributed by atoms with Gasteiger partial charge in [-0.1, -0.05) is 11.3 Å². The lowest BCUT2D eigenvalue weighted by Gasteiger charge is -2.07. The van der Waals surface area contributed by atoms with E-state index < -0.39 is 15.7 Å². The zero-order chi connectivity index (χ0) is 22.9. The van der Waals surface area contributed by atoms with Crippen molar-refractivity contribution in [1.82, 2.24) is 14.8 Å². The zero-order valence-corrected chi connectivity index (χ0v) is 18.5. The number of benzene rings is 2. The highest BCUT2D eigenvalue weighted by atomic mass is 32.2. The van der Waals surface area contributed by atoms with Gasteiger partial charge in [0.05, 0.1) is 26.6 Å². The van der Waals surface area contributed by atoms with E-state index in [0.29, 0.717) is 26.9 Å². The first-order valence-corrected chi connectivity index (χ1v) is 12.1. The average molecular weight is 477 g/mol. The number of sulfone groups is 1. The van der Waals surface area contributed by atoms with E-state index in [2.05, 4.69) is 15.4 Å². The Kier molecular flexibility index (Phi) is 6.02. The first kappa shape index (κ1) is 22.0. The van der Waals surface area contributed by atoms with Crippen LogP contribution in [0.5, 0.6) is 0 Å². The molecule has 11 heteroatoms. The van der Waals surface area contributed by atoms with Crippen LogP contribution in [0.3, 0.4) is 0 Å². The van der Waals surface area contributed by atoms with Gasteiger partial charge in [-0.15, -0.1) is 0 Å². The van der Waals surface area contributed by atoms with E-state index in [-0.39, 0.29) is 35.2 Å². The van der Waals surface area contributed by atoms with Gasteiger partial charge in [-0.3, -0.25) is 4.79 Å². The van der Waals surface area contributed by atoms with E-state index in [1.165, 1.54) is 40.3 Å². The smallest absolute Gasteiger partial charge is 0.225 e. The number of halogens is 2. The summed E-state index contributed by atoms with van der Waals surface area (Å²) in [6.45, 7) is 1.76. The fraction of sp³-hybridized carbons (Fsp3) is 0.190. The van der Waals surface area contributed by atoms with Crippen molar-refractivity contribution in [3.05, 3.63) is 65.9 Å². The number of aryl methyl sites for hydroxylation is 1. The number of aromatic nitrogens is 3. The minimum Gasteiger partial charge on any atom is -0.311 e. The largest absolute Gasteiger partial charge is 0.311 e. The van der Waals surface area contributed by atoms with Crippen molar-refractivity contribution in [3.63, 3.8) is 0 Å². The van der Waals surface area contributed by atoms with Crippen LogP contribution in [0.4, 0.5) is 14.6 Å². The lowest BCUT2D eigenvalue weighted by molar-refractivity contribution is -0.116. The Bertz CT molecular complexity index is 1400. The number of hydrogen-bond donors (Lipinski definition) is 1. The Morgan fingerprint density at radius 2 is 1.81 bits per heavy atom. The molecule has 0 aliphatic heterocycles. The zero-order valence-electron chi connectivity index (χ0n) is 16.9. The Hall–Kier alpha value is -3.18. The van der Waals surface area contributed by atoms with Crippen LogP contribution in [-0.2, 0) is 14.6 Å². The Labute approximate surface area is 186 Å². The van der Waals surface area contributed by atoms with Crippen LogP contribution in [0.1, 0.15) is 18.5 Å². The van der Waals surface area contributed by atoms with Crippen molar-refractivity contribution in [3.8, 4) is 5.13 Å². The van der Waals surface area contributed by atoms with E-state index in [0.717, 1.165) is 12.1 Å². The van der Waals surface area contributed by atoms with Gasteiger partial charge in [0.1, 0.15) is 17.5 Å². The molecule has 0 fully saturated rings. The standard InChI is InChI=1S/C21H18F2N4O3S2/c1-13-11-19(27(26-13)21-24-17-9-6-15(23)12-18(17)31-21)25-20(28)3-2-10-32(29,30)16-7-4-14(22)5-8-16/h4-9,11-12H,2-3,10H2,1H3,(H,25,28). The summed E-state index contributed by atoms with van der Waals surface area (Å²) in [7, 11) is -3.61. The molecule has 0 aliphatic rings. The van der Waals surface area contributed by atoms with E-state index >= 15 is 0 Å². The molecule has 0 bridgehead atoms. The van der Waals surface area contributed by atoms with Gasteiger partial charge in [0.25, 0.3) is 0 Å². The highest BCUT2D eigenvalue weighted by Crippen LogP contribution is 2.28. The van der Waals surface area contributed by atoms with Gasteiger partial charge in [-0.05, 0) is 55.8 Å². The number of carbonyl (C=O) groups excluding carboxylic acids is 1. The van der Waals surface area contributed by atoms with Crippen LogP contribution in [0.25, 0.3) is 15.3 Å². The molecule has 7 nitrogen and oxygen atoms in total. The first-order valence-electron chi connectivity index (χ1n) is 9.62. The highest BCUT2D eigenvalue weighted by molar-refractivity contribution is 7.91. The number of rotatable bonds is 7. The molecule has 2 aromatic carbocycles. The fourth-order valence-electron chi connectivity index (χ4n) is 3.10. The third kappa shape index (κ3) is 4.83. The van der Waals surface area contributed by atoms with Crippen LogP contribution in [0, 0.1) is 18.6 Å². The van der Waals surface area contributed by atoms with Crippen LogP contribution in [0.2, 0.25) is 0 Å². The molecule has 0 aliphatic carbocycles. The number of nitrogens with zero attached hydrogens (tertiary/aromatic N) is 3. The second-order valence-electron chi connectivity index (χ2n) is 7.12. The molecule has 166 valence electrons. The van der Waals surface area contributed by atoms with Gasteiger partial charge in [0, 0.05) is 12.5 Å². The molecule has 4 rings (SSSR count). The van der Waals surface area contributed by atoms with Crippen molar-refractivity contribution >= 4 is 43.1 Å². The predicted molar refractivity (Wildman–Crippen MR) is 118 cm³/mol. The van der Waals surface area contributed by atoms with Crippen LogP contribution < -0.4 is 5.32 Å². The summed E-state index contributed by atoms with van der Waals surface area (Å²) in [5, 5.41) is 7.54. The fourth-order valence-corrected chi connectivity index (χ4v) is 5.37. The number of anilines is 1. The summed E-state index contributed by atoms with van der Waals surface area (Å²) in [6.07, 6.45) is 0.0643. The van der Waals surface area contributed by atoms with E-state index in [1.807, 2.05) is 0 Å². The monoisotopic (exact) mass is 476 g/mol. The van der Waals surface area contributed by atoms with Gasteiger partial charge in [0.15, 0.2) is 9.84 Å². The summed E-state index contributed by atoms with van der Waals surface area (Å²) in [6, 6.07) is 10.5. The second kappa shape index (κ2) is 8.75. The Morgan fingerprint density at radius 3 is 2.56 bits per heavy atom.